The van der Waals surface area contributed by atoms with Gasteiger partial charge < -0.3 is 20.6 Å². The highest BCUT2D eigenvalue weighted by Gasteiger charge is 2.17. The number of amides is 1. The normalized spacial score (nSPS) is 11.9. The van der Waals surface area contributed by atoms with E-state index in [9.17, 15) is 19.8 Å². The van der Waals surface area contributed by atoms with Crippen molar-refractivity contribution in [3.8, 4) is 11.5 Å². The number of benzene rings is 1. The predicted octanol–water partition coefficient (Wildman–Crippen LogP) is 1.74. The van der Waals surface area contributed by atoms with Gasteiger partial charge in [-0.15, -0.1) is 11.3 Å². The topological polar surface area (TPSA) is 120 Å². The van der Waals surface area contributed by atoms with Crippen molar-refractivity contribution in [1.29, 1.82) is 0 Å². The molecular formula is C13H12N2O5S. The maximum atomic E-state index is 12.0. The monoisotopic (exact) mass is 308 g/mol. The summed E-state index contributed by atoms with van der Waals surface area (Å²) < 4.78 is 0. The first kappa shape index (κ1) is 14.8. The number of carboxylic acids is 1. The molecule has 1 heterocycles. The van der Waals surface area contributed by atoms with Crippen LogP contribution in [0.25, 0.3) is 0 Å². The molecule has 1 aromatic carbocycles. The third-order valence-electron chi connectivity index (χ3n) is 2.70. The molecule has 2 aromatic rings. The molecule has 0 aliphatic carbocycles. The quantitative estimate of drug-likeness (QED) is 0.639. The Balaban J connectivity index is 2.10. The molecule has 2 rings (SSSR count). The van der Waals surface area contributed by atoms with E-state index in [0.29, 0.717) is 5.01 Å². The number of carbonyl (C=O) groups excluding carboxylic acids is 1. The van der Waals surface area contributed by atoms with E-state index in [-0.39, 0.29) is 17.0 Å². The van der Waals surface area contributed by atoms with Gasteiger partial charge in [-0.05, 0) is 25.1 Å². The number of phenolic OH excluding ortho intramolecular Hbond substituents is 2. The number of aromatic carboxylic acids is 1. The van der Waals surface area contributed by atoms with E-state index in [0.717, 1.165) is 17.4 Å². The van der Waals surface area contributed by atoms with Gasteiger partial charge in [-0.2, -0.15) is 0 Å². The zero-order chi connectivity index (χ0) is 15.6. The lowest BCUT2D eigenvalue weighted by atomic mass is 10.2. The molecular weight excluding hydrogens is 296 g/mol. The molecule has 1 amide bonds. The highest BCUT2D eigenvalue weighted by atomic mass is 32.1. The van der Waals surface area contributed by atoms with E-state index in [4.69, 9.17) is 5.11 Å². The second kappa shape index (κ2) is 5.80. The highest BCUT2D eigenvalue weighted by Crippen LogP contribution is 2.25. The third-order valence-corrected chi connectivity index (χ3v) is 3.72. The van der Waals surface area contributed by atoms with Crippen molar-refractivity contribution < 1.29 is 24.9 Å². The van der Waals surface area contributed by atoms with E-state index in [1.807, 2.05) is 0 Å². The Morgan fingerprint density at radius 3 is 2.57 bits per heavy atom. The summed E-state index contributed by atoms with van der Waals surface area (Å²) >= 11 is 1.13. The second-order valence-electron chi connectivity index (χ2n) is 4.27. The van der Waals surface area contributed by atoms with Crippen molar-refractivity contribution in [2.75, 3.05) is 0 Å². The smallest absolute Gasteiger partial charge is 0.355 e. The van der Waals surface area contributed by atoms with Crippen molar-refractivity contribution in [1.82, 2.24) is 10.3 Å². The Bertz CT molecular complexity index is 698. The first-order chi connectivity index (χ1) is 9.88. The van der Waals surface area contributed by atoms with Gasteiger partial charge in [0.2, 0.25) is 0 Å². The molecule has 4 N–H and O–H groups in total. The molecule has 0 aliphatic rings. The van der Waals surface area contributed by atoms with E-state index in [2.05, 4.69) is 10.3 Å². The summed E-state index contributed by atoms with van der Waals surface area (Å²) in [5.74, 6) is -2.30. The molecule has 0 bridgehead atoms. The molecule has 1 atom stereocenters. The molecule has 1 unspecified atom stereocenters. The Hall–Kier alpha value is -2.61. The molecule has 0 fully saturated rings. The zero-order valence-corrected chi connectivity index (χ0v) is 11.7. The van der Waals surface area contributed by atoms with Crippen LogP contribution in [0.3, 0.4) is 0 Å². The summed E-state index contributed by atoms with van der Waals surface area (Å²) in [6.07, 6.45) is 0. The minimum absolute atomic E-state index is 0.0709. The third kappa shape index (κ3) is 3.29. The number of carboxylic acid groups (broad SMARTS) is 1. The van der Waals surface area contributed by atoms with Gasteiger partial charge in [-0.1, -0.05) is 0 Å². The number of thiazole rings is 1. The number of carbonyl (C=O) groups is 2. The highest BCUT2D eigenvalue weighted by molar-refractivity contribution is 7.09. The number of hydrogen-bond donors (Lipinski definition) is 4. The Labute approximate surface area is 123 Å². The molecule has 0 aliphatic heterocycles. The predicted molar refractivity (Wildman–Crippen MR) is 74.7 cm³/mol. The maximum Gasteiger partial charge on any atom is 0.355 e. The summed E-state index contributed by atoms with van der Waals surface area (Å²) in [6, 6.07) is 3.23. The van der Waals surface area contributed by atoms with Crippen molar-refractivity contribution in [3.63, 3.8) is 0 Å². The van der Waals surface area contributed by atoms with Crippen molar-refractivity contribution >= 4 is 23.2 Å². The van der Waals surface area contributed by atoms with Crippen LogP contribution in [0.2, 0.25) is 0 Å². The number of phenols is 2. The molecule has 7 nitrogen and oxygen atoms in total. The van der Waals surface area contributed by atoms with E-state index in [1.165, 1.54) is 17.5 Å². The van der Waals surface area contributed by atoms with Crippen LogP contribution in [0, 0.1) is 0 Å². The number of aromatic hydroxyl groups is 2. The average Bonchev–Trinajstić information content (AvgIpc) is 2.91. The van der Waals surface area contributed by atoms with Gasteiger partial charge in [0.15, 0.2) is 17.2 Å². The number of rotatable bonds is 4. The molecule has 0 saturated carbocycles. The van der Waals surface area contributed by atoms with Crippen molar-refractivity contribution in [2.45, 2.75) is 13.0 Å². The van der Waals surface area contributed by atoms with Crippen LogP contribution in [0.5, 0.6) is 11.5 Å². The largest absolute Gasteiger partial charge is 0.504 e. The Morgan fingerprint density at radius 1 is 1.29 bits per heavy atom. The van der Waals surface area contributed by atoms with Crippen LogP contribution in [-0.4, -0.2) is 32.2 Å². The molecule has 1 aromatic heterocycles. The standard InChI is InChI=1S/C13H12N2O5S/c1-6(12-15-8(5-21-12)13(19)20)14-11(18)7-2-3-9(16)10(17)4-7/h2-6,16-17H,1H3,(H,14,18)(H,19,20). The number of hydrogen-bond acceptors (Lipinski definition) is 6. The fourth-order valence-corrected chi connectivity index (χ4v) is 2.39. The van der Waals surface area contributed by atoms with Crippen LogP contribution in [-0.2, 0) is 0 Å². The summed E-state index contributed by atoms with van der Waals surface area (Å²) in [5, 5.41) is 31.8. The maximum absolute atomic E-state index is 12.0. The Kier molecular flexibility index (Phi) is 4.08. The van der Waals surface area contributed by atoms with Gasteiger partial charge >= 0.3 is 5.97 Å². The van der Waals surface area contributed by atoms with E-state index in [1.54, 1.807) is 6.92 Å². The lowest BCUT2D eigenvalue weighted by molar-refractivity contribution is 0.0691. The van der Waals surface area contributed by atoms with Gasteiger partial charge in [-0.3, -0.25) is 4.79 Å². The minimum atomic E-state index is -1.13. The lowest BCUT2D eigenvalue weighted by Gasteiger charge is -2.11. The zero-order valence-electron chi connectivity index (χ0n) is 10.9. The number of nitrogens with one attached hydrogen (secondary N) is 1. The van der Waals surface area contributed by atoms with Crippen LogP contribution < -0.4 is 5.32 Å². The SMILES string of the molecule is CC(NC(=O)c1ccc(O)c(O)c1)c1nc(C(=O)O)cs1. The molecule has 21 heavy (non-hydrogen) atoms. The van der Waals surface area contributed by atoms with Crippen LogP contribution in [0.1, 0.15) is 38.8 Å². The minimum Gasteiger partial charge on any atom is -0.504 e. The fraction of sp³-hybridized carbons (Fsp3) is 0.154. The molecule has 0 radical (unpaired) electrons. The van der Waals surface area contributed by atoms with Gasteiger partial charge in [0.25, 0.3) is 5.91 Å². The lowest BCUT2D eigenvalue weighted by Crippen LogP contribution is -2.26. The van der Waals surface area contributed by atoms with Crippen molar-refractivity contribution in [2.24, 2.45) is 0 Å². The fourth-order valence-electron chi connectivity index (χ4n) is 1.59. The molecule has 8 heteroatoms. The molecule has 110 valence electrons. The van der Waals surface area contributed by atoms with Crippen molar-refractivity contribution in [3.05, 3.63) is 39.8 Å². The summed E-state index contributed by atoms with van der Waals surface area (Å²) in [6.45, 7) is 1.67. The summed E-state index contributed by atoms with van der Waals surface area (Å²) in [7, 11) is 0. The Morgan fingerprint density at radius 2 is 2.00 bits per heavy atom. The van der Waals surface area contributed by atoms with Crippen LogP contribution in [0.4, 0.5) is 0 Å². The number of nitrogens with zero attached hydrogens (tertiary/aromatic N) is 1. The molecule has 0 saturated heterocycles. The van der Waals surface area contributed by atoms with Gasteiger partial charge in [-0.25, -0.2) is 9.78 Å². The number of aromatic nitrogens is 1. The van der Waals surface area contributed by atoms with E-state index >= 15 is 0 Å². The van der Waals surface area contributed by atoms with Gasteiger partial charge in [0.1, 0.15) is 5.01 Å². The first-order valence-corrected chi connectivity index (χ1v) is 6.78. The average molecular weight is 308 g/mol. The van der Waals surface area contributed by atoms with Gasteiger partial charge in [0.05, 0.1) is 6.04 Å². The summed E-state index contributed by atoms with van der Waals surface area (Å²) in [5.41, 5.74) is 0.102. The second-order valence-corrected chi connectivity index (χ2v) is 5.16. The summed E-state index contributed by atoms with van der Waals surface area (Å²) in [4.78, 5) is 26.6. The van der Waals surface area contributed by atoms with Crippen LogP contribution >= 0.6 is 11.3 Å². The van der Waals surface area contributed by atoms with Gasteiger partial charge in [0, 0.05) is 10.9 Å². The molecule has 0 spiro atoms. The first-order valence-electron chi connectivity index (χ1n) is 5.90. The van der Waals surface area contributed by atoms with E-state index < -0.39 is 23.7 Å². The van der Waals surface area contributed by atoms with Crippen LogP contribution in [0.15, 0.2) is 23.6 Å².